The first-order valence-electron chi connectivity index (χ1n) is 30.3. The quantitative estimate of drug-likeness (QED) is 0.140. The second-order valence-corrected chi connectivity index (χ2v) is 25.5. The van der Waals surface area contributed by atoms with E-state index >= 15 is 0 Å². The van der Waals surface area contributed by atoms with E-state index in [-0.39, 0.29) is 21.9 Å². The van der Waals surface area contributed by atoms with Crippen molar-refractivity contribution in [1.82, 2.24) is 0 Å². The molecule has 11 aromatic carbocycles. The molecule has 2 saturated carbocycles. The van der Waals surface area contributed by atoms with E-state index < -0.39 is 0 Å². The van der Waals surface area contributed by atoms with Crippen LogP contribution in [0.5, 0.6) is 0 Å². The zero-order chi connectivity index (χ0) is 55.5. The van der Waals surface area contributed by atoms with E-state index in [1.807, 2.05) is 0 Å². The average molecular weight is 1060 g/mol. The van der Waals surface area contributed by atoms with E-state index in [4.69, 9.17) is 0 Å². The first-order chi connectivity index (χ1) is 40.0. The zero-order valence-electron chi connectivity index (χ0n) is 48.5. The number of fused-ring (bicyclic) bond motifs is 8. The van der Waals surface area contributed by atoms with Gasteiger partial charge in [0.2, 0.25) is 0 Å². The smallest absolute Gasteiger partial charge is 0.0518 e. The molecule has 0 aromatic heterocycles. The third kappa shape index (κ3) is 7.52. The van der Waals surface area contributed by atoms with Crippen LogP contribution in [0.2, 0.25) is 0 Å². The van der Waals surface area contributed by atoms with Gasteiger partial charge in [0.05, 0.1) is 11.1 Å². The standard InChI is InChI=1S/C80H72N2/c1-53-47-63(51-71-75(53)81(65-27-15-9-16-28-65)79(5)45-21-19-43-77(71,79)3)61-39-41-67-69(49-61)73(59-35-31-57(32-36-59)55-23-11-7-12-24-55)68-42-40-62(50-70(68)74(67)60-37-33-58(34-38-60)56-25-13-8-14-26-56)64-48-54(2)76-72(52-64)78(4)44-20-22-46-80(78,6)82(76)66-29-17-10-18-30-66/h7-18,23-42,47-52H,19-22,43-46H2,1-6H3. The van der Waals surface area contributed by atoms with E-state index in [2.05, 4.69) is 282 Å². The molecule has 2 heteroatoms. The number of hydrogen-bond donors (Lipinski definition) is 0. The SMILES string of the molecule is Cc1cc(-c2ccc3c(-c4ccc(-c5ccccc5)cc4)c4cc(-c5cc(C)c6c(c5)C5(C)CCCCC5(C)N6c5ccccc5)ccc4c(-c4ccc(-c5ccccc5)cc4)c3c2)cc2c1N(c1ccccc1)C1(C)CCCCC21C. The van der Waals surface area contributed by atoms with Crippen molar-refractivity contribution < 1.29 is 0 Å². The Morgan fingerprint density at radius 3 is 0.976 bits per heavy atom. The van der Waals surface area contributed by atoms with Crippen molar-refractivity contribution in [1.29, 1.82) is 0 Å². The van der Waals surface area contributed by atoms with Crippen molar-refractivity contribution in [3.63, 3.8) is 0 Å². The van der Waals surface area contributed by atoms with Gasteiger partial charge in [-0.25, -0.2) is 0 Å². The van der Waals surface area contributed by atoms with Crippen LogP contribution in [0.4, 0.5) is 22.7 Å². The van der Waals surface area contributed by atoms with Gasteiger partial charge in [-0.3, -0.25) is 0 Å². The highest BCUT2D eigenvalue weighted by Crippen LogP contribution is 2.64. The summed E-state index contributed by atoms with van der Waals surface area (Å²) in [5.41, 5.74) is 26.0. The number of anilines is 4. The van der Waals surface area contributed by atoms with Crippen LogP contribution in [-0.4, -0.2) is 11.1 Å². The lowest BCUT2D eigenvalue weighted by Crippen LogP contribution is -2.54. The van der Waals surface area contributed by atoms with E-state index in [9.17, 15) is 0 Å². The van der Waals surface area contributed by atoms with Gasteiger partial charge in [0, 0.05) is 33.6 Å². The fraction of sp³-hybridized carbons (Fsp3) is 0.225. The number of aryl methyl sites for hydroxylation is 2. The van der Waals surface area contributed by atoms with Crippen molar-refractivity contribution >= 4 is 44.3 Å². The highest BCUT2D eigenvalue weighted by molar-refractivity contribution is 6.22. The Morgan fingerprint density at radius 1 is 0.280 bits per heavy atom. The highest BCUT2D eigenvalue weighted by atomic mass is 15.3. The lowest BCUT2D eigenvalue weighted by molar-refractivity contribution is 0.195. The Balaban J connectivity index is 0.970. The molecular formula is C80H72N2. The Kier molecular flexibility index (Phi) is 11.7. The second kappa shape index (κ2) is 19.1. The molecule has 11 aromatic rings. The van der Waals surface area contributed by atoms with E-state index in [1.165, 1.54) is 185 Å². The topological polar surface area (TPSA) is 6.48 Å². The Morgan fingerprint density at radius 2 is 0.598 bits per heavy atom. The normalized spacial score (nSPS) is 21.8. The molecule has 2 aliphatic heterocycles. The van der Waals surface area contributed by atoms with E-state index in [0.717, 1.165) is 0 Å². The Labute approximate surface area is 485 Å². The summed E-state index contributed by atoms with van der Waals surface area (Å²) in [5, 5.41) is 5.06. The zero-order valence-corrected chi connectivity index (χ0v) is 48.5. The minimum atomic E-state index is -0.0288. The van der Waals surface area contributed by atoms with Gasteiger partial charge in [-0.1, -0.05) is 209 Å². The van der Waals surface area contributed by atoms with Crippen molar-refractivity contribution in [3.8, 4) is 66.8 Å². The molecule has 2 aliphatic carbocycles. The molecule has 4 unspecified atom stereocenters. The second-order valence-electron chi connectivity index (χ2n) is 25.5. The molecule has 2 nitrogen and oxygen atoms in total. The fourth-order valence-electron chi connectivity index (χ4n) is 16.5. The minimum Gasteiger partial charge on any atom is -0.334 e. The van der Waals surface area contributed by atoms with Crippen LogP contribution < -0.4 is 9.80 Å². The van der Waals surface area contributed by atoms with Gasteiger partial charge in [-0.05, 0) is 225 Å². The van der Waals surface area contributed by atoms with Crippen LogP contribution in [0, 0.1) is 13.8 Å². The first-order valence-corrected chi connectivity index (χ1v) is 30.3. The molecular weight excluding hydrogens is 989 g/mol. The fourth-order valence-corrected chi connectivity index (χ4v) is 16.5. The van der Waals surface area contributed by atoms with Gasteiger partial charge in [0.1, 0.15) is 0 Å². The first kappa shape index (κ1) is 50.5. The van der Waals surface area contributed by atoms with Gasteiger partial charge in [-0.15, -0.1) is 0 Å². The molecule has 0 bridgehead atoms. The molecule has 0 amide bonds. The molecule has 0 N–H and O–H groups in total. The molecule has 2 fully saturated rings. The number of nitrogens with zero attached hydrogens (tertiary/aromatic N) is 2. The van der Waals surface area contributed by atoms with Gasteiger partial charge in [0.25, 0.3) is 0 Å². The maximum atomic E-state index is 2.73. The largest absolute Gasteiger partial charge is 0.334 e. The summed E-state index contributed by atoms with van der Waals surface area (Å²) in [6, 6.07) is 87.9. The average Bonchev–Trinajstić information content (AvgIpc) is 1.90. The van der Waals surface area contributed by atoms with Gasteiger partial charge in [-0.2, -0.15) is 0 Å². The molecule has 0 spiro atoms. The lowest BCUT2D eigenvalue weighted by atomic mass is 9.61. The summed E-state index contributed by atoms with van der Waals surface area (Å²) in [6.45, 7) is 15.0. The minimum absolute atomic E-state index is 0.000869. The van der Waals surface area contributed by atoms with Crippen LogP contribution in [0.25, 0.3) is 88.3 Å². The van der Waals surface area contributed by atoms with Crippen molar-refractivity contribution in [2.24, 2.45) is 0 Å². The molecule has 402 valence electrons. The number of hydrogen-bond acceptors (Lipinski definition) is 2. The molecule has 2 heterocycles. The van der Waals surface area contributed by atoms with Gasteiger partial charge < -0.3 is 9.80 Å². The van der Waals surface area contributed by atoms with E-state index in [1.54, 1.807) is 0 Å². The third-order valence-corrected chi connectivity index (χ3v) is 21.2. The monoisotopic (exact) mass is 1060 g/mol. The molecule has 15 rings (SSSR count). The lowest BCUT2D eigenvalue weighted by Gasteiger charge is -2.50. The summed E-state index contributed by atoms with van der Waals surface area (Å²) in [4.78, 5) is 5.45. The highest BCUT2D eigenvalue weighted by Gasteiger charge is 2.59. The van der Waals surface area contributed by atoms with Crippen LogP contribution >= 0.6 is 0 Å². The summed E-state index contributed by atoms with van der Waals surface area (Å²) in [5.74, 6) is 0. The van der Waals surface area contributed by atoms with E-state index in [0.29, 0.717) is 0 Å². The Bertz CT molecular complexity index is 4000. The van der Waals surface area contributed by atoms with Gasteiger partial charge in [0.15, 0.2) is 0 Å². The van der Waals surface area contributed by atoms with Crippen LogP contribution in [-0.2, 0) is 10.8 Å². The predicted molar refractivity (Wildman–Crippen MR) is 349 cm³/mol. The molecule has 82 heavy (non-hydrogen) atoms. The predicted octanol–water partition coefficient (Wildman–Crippen LogP) is 22.1. The molecule has 4 atom stereocenters. The van der Waals surface area contributed by atoms with Gasteiger partial charge >= 0.3 is 0 Å². The van der Waals surface area contributed by atoms with Crippen molar-refractivity contribution in [2.75, 3.05) is 9.80 Å². The third-order valence-electron chi connectivity index (χ3n) is 21.2. The molecule has 0 radical (unpaired) electrons. The summed E-state index contributed by atoms with van der Waals surface area (Å²) in [7, 11) is 0. The molecule has 4 aliphatic rings. The Hall–Kier alpha value is -8.46. The maximum absolute atomic E-state index is 2.73. The summed E-state index contributed by atoms with van der Waals surface area (Å²) >= 11 is 0. The number of benzene rings is 11. The van der Waals surface area contributed by atoms with Crippen molar-refractivity contribution in [2.45, 2.75) is 115 Å². The summed E-state index contributed by atoms with van der Waals surface area (Å²) < 4.78 is 0. The number of para-hydroxylation sites is 2. The molecule has 0 saturated heterocycles. The van der Waals surface area contributed by atoms with Crippen LogP contribution in [0.3, 0.4) is 0 Å². The van der Waals surface area contributed by atoms with Crippen molar-refractivity contribution in [3.05, 3.63) is 253 Å². The van der Waals surface area contributed by atoms with Crippen LogP contribution in [0.15, 0.2) is 231 Å². The maximum Gasteiger partial charge on any atom is 0.0518 e. The summed E-state index contributed by atoms with van der Waals surface area (Å²) in [6.07, 6.45) is 9.71. The van der Waals surface area contributed by atoms with Crippen LogP contribution in [0.1, 0.15) is 101 Å². The number of rotatable bonds is 8.